The number of benzene rings is 1. The fraction of sp³-hybridized carbons (Fsp3) is 0.389. The van der Waals surface area contributed by atoms with Crippen molar-refractivity contribution in [3.63, 3.8) is 0 Å². The highest BCUT2D eigenvalue weighted by molar-refractivity contribution is 5.82. The van der Waals surface area contributed by atoms with Crippen molar-refractivity contribution in [1.29, 1.82) is 0 Å². The van der Waals surface area contributed by atoms with Gasteiger partial charge in [0.25, 0.3) is 0 Å². The number of aryl methyl sites for hydroxylation is 2. The molecule has 1 heterocycles. The van der Waals surface area contributed by atoms with Crippen LogP contribution in [0.5, 0.6) is 0 Å². The Morgan fingerprint density at radius 3 is 2.68 bits per heavy atom. The molecule has 1 amide bonds. The quantitative estimate of drug-likeness (QED) is 0.886. The van der Waals surface area contributed by atoms with E-state index < -0.39 is 0 Å². The SMILES string of the molecule is CCN(CC(=O)NC(C)c1ccco1)c1ccc(C)cc1C. The molecule has 1 unspecified atom stereocenters. The van der Waals surface area contributed by atoms with Gasteiger partial charge in [-0.2, -0.15) is 0 Å². The van der Waals surface area contributed by atoms with E-state index >= 15 is 0 Å². The molecule has 0 saturated carbocycles. The molecule has 0 radical (unpaired) electrons. The van der Waals surface area contributed by atoms with E-state index in [4.69, 9.17) is 4.42 Å². The Bertz CT molecular complexity index is 620. The summed E-state index contributed by atoms with van der Waals surface area (Å²) in [6.07, 6.45) is 1.62. The molecule has 0 aliphatic carbocycles. The molecule has 1 aromatic carbocycles. The molecule has 4 heteroatoms. The number of carbonyl (C=O) groups excluding carboxylic acids is 1. The number of hydrogen-bond donors (Lipinski definition) is 1. The number of furan rings is 1. The predicted molar refractivity (Wildman–Crippen MR) is 89.1 cm³/mol. The van der Waals surface area contributed by atoms with Gasteiger partial charge in [-0.05, 0) is 51.5 Å². The largest absolute Gasteiger partial charge is 0.467 e. The monoisotopic (exact) mass is 300 g/mol. The van der Waals surface area contributed by atoms with Crippen LogP contribution in [0.2, 0.25) is 0 Å². The van der Waals surface area contributed by atoms with Gasteiger partial charge in [0.05, 0.1) is 18.8 Å². The molecule has 0 bridgehead atoms. The summed E-state index contributed by atoms with van der Waals surface area (Å²) in [5, 5.41) is 2.97. The zero-order valence-electron chi connectivity index (χ0n) is 13.7. The van der Waals surface area contributed by atoms with E-state index in [9.17, 15) is 4.79 Å². The summed E-state index contributed by atoms with van der Waals surface area (Å²) in [7, 11) is 0. The van der Waals surface area contributed by atoms with Gasteiger partial charge in [-0.3, -0.25) is 4.79 Å². The topological polar surface area (TPSA) is 45.5 Å². The molecule has 2 rings (SSSR count). The number of amides is 1. The molecule has 1 aromatic heterocycles. The maximum Gasteiger partial charge on any atom is 0.240 e. The minimum absolute atomic E-state index is 0.00859. The normalized spacial score (nSPS) is 12.0. The molecule has 0 spiro atoms. The maximum atomic E-state index is 12.3. The van der Waals surface area contributed by atoms with E-state index in [1.54, 1.807) is 6.26 Å². The van der Waals surface area contributed by atoms with Crippen molar-refractivity contribution in [3.05, 3.63) is 53.5 Å². The van der Waals surface area contributed by atoms with Crippen LogP contribution >= 0.6 is 0 Å². The summed E-state index contributed by atoms with van der Waals surface area (Å²) in [5.74, 6) is 0.758. The van der Waals surface area contributed by atoms with E-state index in [1.807, 2.05) is 19.1 Å². The highest BCUT2D eigenvalue weighted by Crippen LogP contribution is 2.21. The Morgan fingerprint density at radius 2 is 2.09 bits per heavy atom. The second-order valence-corrected chi connectivity index (χ2v) is 5.61. The lowest BCUT2D eigenvalue weighted by molar-refractivity contribution is -0.120. The fourth-order valence-corrected chi connectivity index (χ4v) is 2.60. The van der Waals surface area contributed by atoms with Crippen LogP contribution in [-0.2, 0) is 4.79 Å². The van der Waals surface area contributed by atoms with Gasteiger partial charge >= 0.3 is 0 Å². The lowest BCUT2D eigenvalue weighted by Gasteiger charge is -2.25. The smallest absolute Gasteiger partial charge is 0.240 e. The fourth-order valence-electron chi connectivity index (χ4n) is 2.60. The molecule has 118 valence electrons. The first-order chi connectivity index (χ1) is 10.5. The van der Waals surface area contributed by atoms with Gasteiger partial charge in [0.1, 0.15) is 5.76 Å². The number of likely N-dealkylation sites (N-methyl/N-ethyl adjacent to an activating group) is 1. The van der Waals surface area contributed by atoms with Gasteiger partial charge in [-0.15, -0.1) is 0 Å². The van der Waals surface area contributed by atoms with Crippen LogP contribution in [0.4, 0.5) is 5.69 Å². The van der Waals surface area contributed by atoms with Gasteiger partial charge < -0.3 is 14.6 Å². The molecule has 22 heavy (non-hydrogen) atoms. The Morgan fingerprint density at radius 1 is 1.32 bits per heavy atom. The molecule has 0 fully saturated rings. The molecule has 0 aliphatic rings. The van der Waals surface area contributed by atoms with Gasteiger partial charge in [-0.25, -0.2) is 0 Å². The molecule has 0 aliphatic heterocycles. The standard InChI is InChI=1S/C18H24N2O2/c1-5-20(16-9-8-13(2)11-14(16)3)12-18(21)19-15(4)17-7-6-10-22-17/h6-11,15H,5,12H2,1-4H3,(H,19,21). The molecular weight excluding hydrogens is 276 g/mol. The van der Waals surface area contributed by atoms with Crippen molar-refractivity contribution in [1.82, 2.24) is 5.32 Å². The third-order valence-electron chi connectivity index (χ3n) is 3.76. The third-order valence-corrected chi connectivity index (χ3v) is 3.76. The summed E-state index contributed by atoms with van der Waals surface area (Å²) in [6, 6.07) is 9.87. The van der Waals surface area contributed by atoms with Gasteiger partial charge in [0.15, 0.2) is 0 Å². The summed E-state index contributed by atoms with van der Waals surface area (Å²) < 4.78 is 5.32. The Labute approximate surface area is 132 Å². The average molecular weight is 300 g/mol. The van der Waals surface area contributed by atoms with Crippen molar-refractivity contribution < 1.29 is 9.21 Å². The van der Waals surface area contributed by atoms with Gasteiger partial charge in [-0.1, -0.05) is 17.7 Å². The van der Waals surface area contributed by atoms with Gasteiger partial charge in [0.2, 0.25) is 5.91 Å². The second-order valence-electron chi connectivity index (χ2n) is 5.61. The Kier molecular flexibility index (Phi) is 5.26. The minimum Gasteiger partial charge on any atom is -0.467 e. The lowest BCUT2D eigenvalue weighted by atomic mass is 10.1. The van der Waals surface area contributed by atoms with Crippen LogP contribution in [0.3, 0.4) is 0 Å². The highest BCUT2D eigenvalue weighted by atomic mass is 16.3. The van der Waals surface area contributed by atoms with Crippen LogP contribution in [0.1, 0.15) is 36.8 Å². The molecular formula is C18H24N2O2. The van der Waals surface area contributed by atoms with Crippen LogP contribution in [0.25, 0.3) is 0 Å². The average Bonchev–Trinajstić information content (AvgIpc) is 2.99. The van der Waals surface area contributed by atoms with E-state index in [1.165, 1.54) is 11.1 Å². The zero-order valence-corrected chi connectivity index (χ0v) is 13.7. The van der Waals surface area contributed by atoms with E-state index in [-0.39, 0.29) is 11.9 Å². The molecule has 4 nitrogen and oxygen atoms in total. The first-order valence-corrected chi connectivity index (χ1v) is 7.66. The molecule has 2 aromatic rings. The van der Waals surface area contributed by atoms with Crippen LogP contribution in [0, 0.1) is 13.8 Å². The maximum absolute atomic E-state index is 12.3. The van der Waals surface area contributed by atoms with Crippen molar-refractivity contribution in [2.45, 2.75) is 33.7 Å². The van der Waals surface area contributed by atoms with Crippen molar-refractivity contribution in [3.8, 4) is 0 Å². The van der Waals surface area contributed by atoms with Crippen LogP contribution in [-0.4, -0.2) is 19.0 Å². The third kappa shape index (κ3) is 3.91. The number of nitrogens with zero attached hydrogens (tertiary/aromatic N) is 1. The van der Waals surface area contributed by atoms with Crippen molar-refractivity contribution in [2.75, 3.05) is 18.0 Å². The Balaban J connectivity index is 2.02. The molecule has 0 saturated heterocycles. The summed E-state index contributed by atoms with van der Waals surface area (Å²) in [4.78, 5) is 14.4. The summed E-state index contributed by atoms with van der Waals surface area (Å²) in [5.41, 5.74) is 3.52. The van der Waals surface area contributed by atoms with Crippen molar-refractivity contribution in [2.24, 2.45) is 0 Å². The Hall–Kier alpha value is -2.23. The van der Waals surface area contributed by atoms with E-state index in [0.717, 1.165) is 18.0 Å². The first-order valence-electron chi connectivity index (χ1n) is 7.66. The summed E-state index contributed by atoms with van der Waals surface area (Å²) >= 11 is 0. The van der Waals surface area contributed by atoms with Gasteiger partial charge in [0, 0.05) is 12.2 Å². The minimum atomic E-state index is -0.125. The number of anilines is 1. The van der Waals surface area contributed by atoms with E-state index in [2.05, 4.69) is 49.2 Å². The van der Waals surface area contributed by atoms with Crippen LogP contribution in [0.15, 0.2) is 41.0 Å². The number of hydrogen-bond acceptors (Lipinski definition) is 3. The van der Waals surface area contributed by atoms with Crippen LogP contribution < -0.4 is 10.2 Å². The van der Waals surface area contributed by atoms with E-state index in [0.29, 0.717) is 6.54 Å². The second kappa shape index (κ2) is 7.16. The highest BCUT2D eigenvalue weighted by Gasteiger charge is 2.15. The van der Waals surface area contributed by atoms with Crippen molar-refractivity contribution >= 4 is 11.6 Å². The number of carbonyl (C=O) groups is 1. The molecule has 1 atom stereocenters. The number of nitrogens with one attached hydrogen (secondary N) is 1. The predicted octanol–water partition coefficient (Wildman–Crippen LogP) is 3.60. The number of rotatable bonds is 6. The lowest BCUT2D eigenvalue weighted by Crippen LogP contribution is -2.38. The summed E-state index contributed by atoms with van der Waals surface area (Å²) in [6.45, 7) is 9.25. The zero-order chi connectivity index (χ0) is 16.1. The molecule has 1 N–H and O–H groups in total. The first kappa shape index (κ1) is 16.1.